The van der Waals surface area contributed by atoms with E-state index in [-0.39, 0.29) is 35.5 Å². The fourth-order valence-electron chi connectivity index (χ4n) is 3.12. The molecule has 0 atom stereocenters. The normalized spacial score (nSPS) is 11.6. The van der Waals surface area contributed by atoms with Crippen LogP contribution in [-0.4, -0.2) is 31.0 Å². The van der Waals surface area contributed by atoms with Crippen molar-refractivity contribution in [2.75, 3.05) is 10.5 Å². The van der Waals surface area contributed by atoms with E-state index in [2.05, 4.69) is 15.0 Å². The lowest BCUT2D eigenvalue weighted by Crippen LogP contribution is -2.23. The summed E-state index contributed by atoms with van der Waals surface area (Å²) in [5.74, 6) is -1.43. The molecule has 35 heavy (non-hydrogen) atoms. The van der Waals surface area contributed by atoms with Crippen LogP contribution >= 0.6 is 0 Å². The number of pyridine rings is 1. The number of alkyl halides is 3. The smallest absolute Gasteiger partial charge is 0.366 e. The maximum Gasteiger partial charge on any atom is 0.433 e. The van der Waals surface area contributed by atoms with Gasteiger partial charge in [0.25, 0.3) is 5.91 Å². The van der Waals surface area contributed by atoms with Gasteiger partial charge in [0.05, 0.1) is 5.75 Å². The first-order chi connectivity index (χ1) is 16.4. The number of nitrogens with one attached hydrogen (secondary N) is 2. The minimum absolute atomic E-state index is 0.0366. The zero-order valence-corrected chi connectivity index (χ0v) is 19.0. The van der Waals surface area contributed by atoms with Crippen LogP contribution in [0.1, 0.15) is 37.5 Å². The van der Waals surface area contributed by atoms with Crippen LogP contribution in [0.25, 0.3) is 0 Å². The van der Waals surface area contributed by atoms with E-state index in [0.717, 1.165) is 12.3 Å². The first kappa shape index (κ1) is 25.7. The van der Waals surface area contributed by atoms with Gasteiger partial charge in [0.1, 0.15) is 5.69 Å². The lowest BCUT2D eigenvalue weighted by molar-refractivity contribution is -0.141. The molecule has 2 aromatic carbocycles. The van der Waals surface area contributed by atoms with Crippen molar-refractivity contribution in [3.8, 4) is 0 Å². The Hall–Kier alpha value is -3.93. The number of carbonyl (C=O) groups is 2. The number of anilines is 1. The number of primary amides is 1. The molecule has 1 heterocycles. The molecule has 1 aromatic heterocycles. The van der Waals surface area contributed by atoms with E-state index >= 15 is 0 Å². The van der Waals surface area contributed by atoms with Gasteiger partial charge in [-0.05, 0) is 53.9 Å². The number of aryl methyl sites for hydroxylation is 1. The van der Waals surface area contributed by atoms with Crippen LogP contribution in [0.2, 0.25) is 0 Å². The molecule has 0 saturated carbocycles. The van der Waals surface area contributed by atoms with Gasteiger partial charge in [-0.1, -0.05) is 24.3 Å². The number of aromatic nitrogens is 1. The number of nitrogens with zero attached hydrogens (tertiary/aromatic N) is 1. The van der Waals surface area contributed by atoms with Crippen molar-refractivity contribution in [3.05, 3.63) is 94.8 Å². The number of halogens is 3. The molecule has 0 aliphatic rings. The summed E-state index contributed by atoms with van der Waals surface area (Å²) >= 11 is 0. The quantitative estimate of drug-likeness (QED) is 0.410. The third-order valence-electron chi connectivity index (χ3n) is 4.91. The van der Waals surface area contributed by atoms with E-state index in [1.807, 2.05) is 0 Å². The monoisotopic (exact) mass is 506 g/mol. The summed E-state index contributed by atoms with van der Waals surface area (Å²) in [6.07, 6.45) is -3.43. The third kappa shape index (κ3) is 7.27. The molecule has 0 aliphatic heterocycles. The molecule has 3 aromatic rings. The number of amides is 2. The van der Waals surface area contributed by atoms with Crippen molar-refractivity contribution >= 4 is 27.5 Å². The average Bonchev–Trinajstić information content (AvgIpc) is 2.81. The van der Waals surface area contributed by atoms with Crippen molar-refractivity contribution in [2.45, 2.75) is 19.1 Å². The van der Waals surface area contributed by atoms with Crippen LogP contribution in [0, 0.1) is 0 Å². The zero-order chi connectivity index (χ0) is 25.6. The van der Waals surface area contributed by atoms with Gasteiger partial charge >= 0.3 is 6.18 Å². The van der Waals surface area contributed by atoms with E-state index in [4.69, 9.17) is 5.73 Å². The molecular formula is C23H21F3N4O4S. The highest BCUT2D eigenvalue weighted by Gasteiger charge is 2.32. The predicted octanol–water partition coefficient (Wildman–Crippen LogP) is 3.11. The van der Waals surface area contributed by atoms with Crippen LogP contribution < -0.4 is 15.8 Å². The Kier molecular flexibility index (Phi) is 7.75. The first-order valence-corrected chi connectivity index (χ1v) is 11.9. The summed E-state index contributed by atoms with van der Waals surface area (Å²) in [6.45, 7) is -0.0366. The Morgan fingerprint density at radius 3 is 2.26 bits per heavy atom. The van der Waals surface area contributed by atoms with Crippen LogP contribution in [0.5, 0.6) is 0 Å². The highest BCUT2D eigenvalue weighted by atomic mass is 32.2. The Balaban J connectivity index is 1.55. The number of carbonyl (C=O) groups excluding carboxylic acids is 2. The summed E-state index contributed by atoms with van der Waals surface area (Å²) in [7, 11) is -3.76. The van der Waals surface area contributed by atoms with Crippen molar-refractivity contribution in [3.63, 3.8) is 0 Å². The van der Waals surface area contributed by atoms with E-state index in [1.165, 1.54) is 36.4 Å². The van der Waals surface area contributed by atoms with Crippen molar-refractivity contribution in [1.82, 2.24) is 10.3 Å². The molecule has 12 heteroatoms. The van der Waals surface area contributed by atoms with Gasteiger partial charge in [-0.3, -0.25) is 19.3 Å². The SMILES string of the molecule is NC(=O)c1ccccc1CCS(=O)(=O)Nc1ccc(C(=O)NCc2ccc(C(F)(F)F)nc2)cc1. The Labute approximate surface area is 199 Å². The molecular weight excluding hydrogens is 485 g/mol. The highest BCUT2D eigenvalue weighted by Crippen LogP contribution is 2.27. The molecule has 0 spiro atoms. The average molecular weight is 507 g/mol. The highest BCUT2D eigenvalue weighted by molar-refractivity contribution is 7.92. The van der Waals surface area contributed by atoms with E-state index in [9.17, 15) is 31.2 Å². The van der Waals surface area contributed by atoms with Gasteiger partial charge in [0.15, 0.2) is 0 Å². The van der Waals surface area contributed by atoms with Gasteiger partial charge < -0.3 is 11.1 Å². The number of benzene rings is 2. The molecule has 0 saturated heterocycles. The summed E-state index contributed by atoms with van der Waals surface area (Å²) in [5.41, 5.74) is 5.90. The molecule has 0 unspecified atom stereocenters. The Morgan fingerprint density at radius 2 is 1.66 bits per heavy atom. The number of sulfonamides is 1. The van der Waals surface area contributed by atoms with Crippen LogP contribution in [0.4, 0.5) is 18.9 Å². The number of nitrogens with two attached hydrogens (primary N) is 1. The molecule has 3 rings (SSSR count). The predicted molar refractivity (Wildman–Crippen MR) is 123 cm³/mol. The van der Waals surface area contributed by atoms with Gasteiger partial charge in [-0.25, -0.2) is 8.42 Å². The fraction of sp³-hybridized carbons (Fsp3) is 0.174. The van der Waals surface area contributed by atoms with Crippen molar-refractivity contribution < 1.29 is 31.2 Å². The van der Waals surface area contributed by atoms with Crippen molar-refractivity contribution in [2.24, 2.45) is 5.73 Å². The van der Waals surface area contributed by atoms with E-state index in [0.29, 0.717) is 11.1 Å². The standard InChI is InChI=1S/C23H21F3N4O4S/c24-23(25,26)20-10-5-15(13-28-20)14-29-22(32)17-6-8-18(9-7-17)30-35(33,34)12-11-16-3-1-2-4-19(16)21(27)31/h1-10,13,30H,11-12,14H2,(H2,27,31)(H,29,32). The molecule has 4 N–H and O–H groups in total. The van der Waals surface area contributed by atoms with E-state index < -0.39 is 33.7 Å². The van der Waals surface area contributed by atoms with Gasteiger partial charge in [0, 0.05) is 29.6 Å². The molecule has 0 fully saturated rings. The number of rotatable bonds is 9. The molecule has 2 amide bonds. The summed E-state index contributed by atoms with van der Waals surface area (Å²) in [6, 6.07) is 14.1. The molecule has 184 valence electrons. The topological polar surface area (TPSA) is 131 Å². The minimum atomic E-state index is -4.54. The molecule has 8 nitrogen and oxygen atoms in total. The van der Waals surface area contributed by atoms with Crippen molar-refractivity contribution in [1.29, 1.82) is 0 Å². The van der Waals surface area contributed by atoms with Crippen LogP contribution in [0.3, 0.4) is 0 Å². The summed E-state index contributed by atoms with van der Waals surface area (Å²) in [5, 5.41) is 2.56. The summed E-state index contributed by atoms with van der Waals surface area (Å²) in [4.78, 5) is 27.1. The number of hydrogen-bond acceptors (Lipinski definition) is 5. The minimum Gasteiger partial charge on any atom is -0.366 e. The number of hydrogen-bond donors (Lipinski definition) is 3. The molecule has 0 aliphatic carbocycles. The van der Waals surface area contributed by atoms with Gasteiger partial charge in [0.2, 0.25) is 15.9 Å². The second kappa shape index (κ2) is 10.6. The maximum absolute atomic E-state index is 12.6. The second-order valence-corrected chi connectivity index (χ2v) is 9.34. The van der Waals surface area contributed by atoms with Crippen LogP contribution in [0.15, 0.2) is 66.9 Å². The second-order valence-electron chi connectivity index (χ2n) is 7.50. The lowest BCUT2D eigenvalue weighted by Gasteiger charge is -2.11. The fourth-order valence-corrected chi connectivity index (χ4v) is 4.21. The van der Waals surface area contributed by atoms with Gasteiger partial charge in [-0.2, -0.15) is 13.2 Å². The van der Waals surface area contributed by atoms with Gasteiger partial charge in [-0.15, -0.1) is 0 Å². The summed E-state index contributed by atoms with van der Waals surface area (Å²) < 4.78 is 65.0. The third-order valence-corrected chi connectivity index (χ3v) is 6.20. The lowest BCUT2D eigenvalue weighted by atomic mass is 10.1. The molecule has 0 bridgehead atoms. The van der Waals surface area contributed by atoms with Crippen LogP contribution in [-0.2, 0) is 29.2 Å². The van der Waals surface area contributed by atoms with E-state index in [1.54, 1.807) is 18.2 Å². The maximum atomic E-state index is 12.6. The molecule has 0 radical (unpaired) electrons. The largest absolute Gasteiger partial charge is 0.433 e. The Morgan fingerprint density at radius 1 is 0.971 bits per heavy atom. The zero-order valence-electron chi connectivity index (χ0n) is 18.2. The first-order valence-electron chi connectivity index (χ1n) is 10.2. The Bertz CT molecular complexity index is 1310.